The molecule has 1 heterocycles. The maximum atomic E-state index is 13.1. The van der Waals surface area contributed by atoms with E-state index in [1.165, 1.54) is 10.5 Å². The number of benzene rings is 2. The second-order valence-corrected chi connectivity index (χ2v) is 8.86. The van der Waals surface area contributed by atoms with Crippen LogP contribution in [-0.4, -0.2) is 17.7 Å². The van der Waals surface area contributed by atoms with Crippen LogP contribution in [0, 0.1) is 37.5 Å². The van der Waals surface area contributed by atoms with Crippen molar-refractivity contribution in [3.63, 3.8) is 0 Å². The molecule has 1 aliphatic heterocycles. The van der Waals surface area contributed by atoms with Gasteiger partial charge in [0.25, 0.3) is 5.91 Å². The Hall–Kier alpha value is -3.21. The van der Waals surface area contributed by atoms with Crippen molar-refractivity contribution in [3.05, 3.63) is 70.8 Å². The van der Waals surface area contributed by atoms with Crippen LogP contribution >= 0.6 is 0 Å². The van der Waals surface area contributed by atoms with Gasteiger partial charge in [-0.1, -0.05) is 17.7 Å². The van der Waals surface area contributed by atoms with Crippen molar-refractivity contribution >= 4 is 29.1 Å². The molecule has 0 spiro atoms. The van der Waals surface area contributed by atoms with Gasteiger partial charge in [0.05, 0.1) is 17.5 Å². The quantitative estimate of drug-likeness (QED) is 0.618. The van der Waals surface area contributed by atoms with Gasteiger partial charge in [-0.2, -0.15) is 0 Å². The summed E-state index contributed by atoms with van der Waals surface area (Å²) in [6.07, 6.45) is 3.09. The van der Waals surface area contributed by atoms with Gasteiger partial charge in [0.2, 0.25) is 11.8 Å². The summed E-state index contributed by atoms with van der Waals surface area (Å²) in [5, 5.41) is 2.91. The Labute approximate surface area is 175 Å². The molecule has 0 aromatic heterocycles. The number of nitrogens with zero attached hydrogens (tertiary/aromatic N) is 1. The van der Waals surface area contributed by atoms with Gasteiger partial charge in [0, 0.05) is 11.3 Å². The van der Waals surface area contributed by atoms with E-state index >= 15 is 0 Å². The first-order valence-electron chi connectivity index (χ1n) is 10.4. The minimum atomic E-state index is -0.223. The van der Waals surface area contributed by atoms with Gasteiger partial charge in [-0.05, 0) is 86.6 Å². The zero-order valence-electron chi connectivity index (χ0n) is 17.3. The van der Waals surface area contributed by atoms with Gasteiger partial charge in [0.15, 0.2) is 0 Å². The summed E-state index contributed by atoms with van der Waals surface area (Å²) in [6.45, 7) is 6.03. The van der Waals surface area contributed by atoms with Crippen LogP contribution in [0.1, 0.15) is 34.8 Å². The second kappa shape index (κ2) is 6.66. The monoisotopic (exact) mass is 400 g/mol. The van der Waals surface area contributed by atoms with E-state index < -0.39 is 0 Å². The van der Waals surface area contributed by atoms with Gasteiger partial charge < -0.3 is 5.32 Å². The lowest BCUT2D eigenvalue weighted by molar-refractivity contribution is -0.123. The Morgan fingerprint density at radius 1 is 0.933 bits per heavy atom. The second-order valence-electron chi connectivity index (χ2n) is 8.86. The predicted octanol–water partition coefficient (Wildman–Crippen LogP) is 4.26. The molecular formula is C25H24N2O3. The highest BCUT2D eigenvalue weighted by atomic mass is 16.2. The number of fused-ring (bicyclic) bond motifs is 5. The van der Waals surface area contributed by atoms with E-state index in [4.69, 9.17) is 0 Å². The van der Waals surface area contributed by atoms with Crippen molar-refractivity contribution in [1.29, 1.82) is 0 Å². The van der Waals surface area contributed by atoms with Gasteiger partial charge in [-0.3, -0.25) is 19.3 Å². The molecule has 3 amide bonds. The number of anilines is 2. The third-order valence-corrected chi connectivity index (χ3v) is 6.75. The van der Waals surface area contributed by atoms with E-state index in [0.717, 1.165) is 23.2 Å². The molecule has 1 saturated carbocycles. The van der Waals surface area contributed by atoms with Crippen molar-refractivity contribution in [3.8, 4) is 0 Å². The number of hydrogen-bond acceptors (Lipinski definition) is 3. The van der Waals surface area contributed by atoms with E-state index in [2.05, 4.69) is 18.3 Å². The van der Waals surface area contributed by atoms with Gasteiger partial charge in [-0.15, -0.1) is 0 Å². The largest absolute Gasteiger partial charge is 0.322 e. The molecule has 0 radical (unpaired) electrons. The number of imide groups is 1. The van der Waals surface area contributed by atoms with Crippen LogP contribution in [0.3, 0.4) is 0 Å². The Bertz CT molecular complexity index is 1100. The van der Waals surface area contributed by atoms with Crippen molar-refractivity contribution in [2.75, 3.05) is 10.2 Å². The molecular weight excluding hydrogens is 376 g/mol. The van der Waals surface area contributed by atoms with Crippen LogP contribution in [0.4, 0.5) is 11.4 Å². The fraction of sp³-hybridized carbons (Fsp3) is 0.320. The van der Waals surface area contributed by atoms with Crippen molar-refractivity contribution < 1.29 is 14.4 Å². The molecule has 5 nitrogen and oxygen atoms in total. The highest BCUT2D eigenvalue weighted by Gasteiger charge is 2.60. The van der Waals surface area contributed by atoms with Gasteiger partial charge >= 0.3 is 0 Å². The Kier molecular flexibility index (Phi) is 4.17. The summed E-state index contributed by atoms with van der Waals surface area (Å²) in [6, 6.07) is 12.6. The van der Waals surface area contributed by atoms with Crippen LogP contribution in [-0.2, 0) is 9.59 Å². The first kappa shape index (κ1) is 18.8. The van der Waals surface area contributed by atoms with Gasteiger partial charge in [-0.25, -0.2) is 0 Å². The SMILES string of the molecule is CC1=C[C@H]2C[C@H]1[C@@H]1C(=O)N(c3ccc(C(=O)Nc4cc(C)cc(C)c4)cc3)C(=O)[C@@H]12. The Morgan fingerprint density at radius 3 is 2.23 bits per heavy atom. The molecule has 1 N–H and O–H groups in total. The van der Waals surface area contributed by atoms with Crippen molar-refractivity contribution in [1.82, 2.24) is 0 Å². The fourth-order valence-corrected chi connectivity index (χ4v) is 5.54. The van der Waals surface area contributed by atoms with E-state index in [1.54, 1.807) is 24.3 Å². The van der Waals surface area contributed by atoms with Crippen LogP contribution in [0.2, 0.25) is 0 Å². The number of allylic oxidation sites excluding steroid dienone is 2. The summed E-state index contributed by atoms with van der Waals surface area (Å²) in [5.74, 6) is -0.487. The molecule has 4 atom stereocenters. The summed E-state index contributed by atoms with van der Waals surface area (Å²) in [5.41, 5.74) is 5.17. The smallest absolute Gasteiger partial charge is 0.255 e. The van der Waals surface area contributed by atoms with Gasteiger partial charge in [0.1, 0.15) is 0 Å². The average Bonchev–Trinajstić information content (AvgIpc) is 3.32. The lowest BCUT2D eigenvalue weighted by atomic mass is 9.82. The highest BCUT2D eigenvalue weighted by molar-refractivity contribution is 6.23. The third kappa shape index (κ3) is 2.80. The van der Waals surface area contributed by atoms with E-state index in [-0.39, 0.29) is 41.4 Å². The Balaban J connectivity index is 1.35. The molecule has 2 aliphatic carbocycles. The maximum Gasteiger partial charge on any atom is 0.255 e. The average molecular weight is 400 g/mol. The summed E-state index contributed by atoms with van der Waals surface area (Å²) in [7, 11) is 0. The van der Waals surface area contributed by atoms with Crippen LogP contribution in [0.25, 0.3) is 0 Å². The molecule has 2 fully saturated rings. The molecule has 5 heteroatoms. The lowest BCUT2D eigenvalue weighted by Crippen LogP contribution is -2.33. The predicted molar refractivity (Wildman–Crippen MR) is 115 cm³/mol. The normalized spacial score (nSPS) is 26.8. The fourth-order valence-electron chi connectivity index (χ4n) is 5.54. The van der Waals surface area contributed by atoms with E-state index in [1.807, 2.05) is 32.0 Å². The number of rotatable bonds is 3. The number of amides is 3. The minimum Gasteiger partial charge on any atom is -0.322 e. The Morgan fingerprint density at radius 2 is 1.57 bits per heavy atom. The first-order valence-corrected chi connectivity index (χ1v) is 10.4. The zero-order chi connectivity index (χ0) is 21.2. The zero-order valence-corrected chi connectivity index (χ0v) is 17.3. The molecule has 30 heavy (non-hydrogen) atoms. The summed E-state index contributed by atoms with van der Waals surface area (Å²) in [4.78, 5) is 40.0. The van der Waals surface area contributed by atoms with Crippen LogP contribution < -0.4 is 10.2 Å². The highest BCUT2D eigenvalue weighted by Crippen LogP contribution is 2.55. The van der Waals surface area contributed by atoms with Crippen molar-refractivity contribution in [2.45, 2.75) is 27.2 Å². The maximum absolute atomic E-state index is 13.1. The van der Waals surface area contributed by atoms with E-state index in [9.17, 15) is 14.4 Å². The lowest BCUT2D eigenvalue weighted by Gasteiger charge is -2.19. The van der Waals surface area contributed by atoms with Crippen LogP contribution in [0.5, 0.6) is 0 Å². The topological polar surface area (TPSA) is 66.5 Å². The molecule has 2 bridgehead atoms. The van der Waals surface area contributed by atoms with Crippen molar-refractivity contribution in [2.24, 2.45) is 23.7 Å². The number of carbonyl (C=O) groups excluding carboxylic acids is 3. The molecule has 1 saturated heterocycles. The molecule has 3 aliphatic rings. The molecule has 152 valence electrons. The standard InChI is InChI=1S/C25H24N2O3/c1-13-8-14(2)10-18(9-13)26-23(28)16-4-6-19(7-5-16)27-24(29)21-17-11-15(3)20(12-17)22(21)25(27)30/h4-11,17,20-22H,12H2,1-3H3,(H,26,28)/t17-,20+,21+,22-/m0/s1. The number of hydrogen-bond donors (Lipinski definition) is 1. The molecule has 5 rings (SSSR count). The van der Waals surface area contributed by atoms with Crippen LogP contribution in [0.15, 0.2) is 54.1 Å². The summed E-state index contributed by atoms with van der Waals surface area (Å²) >= 11 is 0. The molecule has 0 unspecified atom stereocenters. The third-order valence-electron chi connectivity index (χ3n) is 6.75. The number of nitrogens with one attached hydrogen (secondary N) is 1. The first-order chi connectivity index (χ1) is 14.3. The number of aryl methyl sites for hydroxylation is 2. The summed E-state index contributed by atoms with van der Waals surface area (Å²) < 4.78 is 0. The minimum absolute atomic E-state index is 0.0996. The number of carbonyl (C=O) groups is 3. The van der Waals surface area contributed by atoms with E-state index in [0.29, 0.717) is 11.3 Å². The molecule has 2 aromatic carbocycles. The molecule has 2 aromatic rings.